The second-order valence-electron chi connectivity index (χ2n) is 11.1. The summed E-state index contributed by atoms with van der Waals surface area (Å²) in [5.41, 5.74) is 4.75. The molecule has 0 aliphatic heterocycles. The minimum atomic E-state index is -1.81. The van der Waals surface area contributed by atoms with Crippen LogP contribution in [-0.4, -0.2) is 0 Å². The average Bonchev–Trinajstić information content (AvgIpc) is 3.14. The summed E-state index contributed by atoms with van der Waals surface area (Å²) in [5.74, 6) is 0.747. The molecule has 0 unspecified atom stereocenters. The molecule has 40 heavy (non-hydrogen) atoms. The van der Waals surface area contributed by atoms with Gasteiger partial charge in [-0.3, -0.25) is 0 Å². The third-order valence-electron chi connectivity index (χ3n) is 7.48. The molecule has 7 aromatic rings. The first-order chi connectivity index (χ1) is 19.5. The van der Waals surface area contributed by atoms with Crippen molar-refractivity contribution < 1.29 is 12.9 Å². The molecule has 0 radical (unpaired) electrons. The van der Waals surface area contributed by atoms with Gasteiger partial charge in [0, 0.05) is 16.3 Å². The van der Waals surface area contributed by atoms with Crippen molar-refractivity contribution in [1.82, 2.24) is 0 Å². The van der Waals surface area contributed by atoms with Gasteiger partial charge in [0.05, 0.1) is 0 Å². The summed E-state index contributed by atoms with van der Waals surface area (Å²) in [4.78, 5) is 0. The topological polar surface area (TPSA) is 35.5 Å². The van der Waals surface area contributed by atoms with E-state index in [1.54, 1.807) is 0 Å². The third-order valence-corrected chi connectivity index (χ3v) is 8.52. The van der Waals surface area contributed by atoms with Gasteiger partial charge >= 0.3 is 8.24 Å². The molecule has 0 spiro atoms. The number of hydrogen-bond donors (Lipinski definition) is 0. The molecule has 0 aliphatic carbocycles. The fraction of sp³-hybridized carbons (Fsp3) is 0.111. The molecule has 1 heterocycles. The molecule has 6 aromatic carbocycles. The van der Waals surface area contributed by atoms with Crippen LogP contribution >= 0.6 is 8.24 Å². The van der Waals surface area contributed by atoms with Crippen molar-refractivity contribution >= 4 is 51.7 Å². The Morgan fingerprint density at radius 2 is 1.12 bits per heavy atom. The quantitative estimate of drug-likeness (QED) is 0.224. The van der Waals surface area contributed by atoms with E-state index in [0.29, 0.717) is 0 Å². The summed E-state index contributed by atoms with van der Waals surface area (Å²) >= 11 is 0. The van der Waals surface area contributed by atoms with Crippen LogP contribution in [0.3, 0.4) is 0 Å². The molecule has 0 N–H and O–H groups in total. The first-order valence-electron chi connectivity index (χ1n) is 13.5. The van der Waals surface area contributed by atoms with E-state index in [4.69, 9.17) is 12.9 Å². The van der Waals surface area contributed by atoms with Crippen molar-refractivity contribution in [3.63, 3.8) is 0 Å². The molecule has 7 rings (SSSR count). The van der Waals surface area contributed by atoms with Crippen LogP contribution in [0.25, 0.3) is 54.6 Å². The van der Waals surface area contributed by atoms with Crippen molar-refractivity contribution in [2.45, 2.75) is 26.2 Å². The number of benzene rings is 6. The van der Waals surface area contributed by atoms with Gasteiger partial charge < -0.3 is 12.9 Å². The Morgan fingerprint density at radius 1 is 0.575 bits per heavy atom. The predicted octanol–water partition coefficient (Wildman–Crippen LogP) is 11.4. The monoisotopic (exact) mass is 540 g/mol. The van der Waals surface area contributed by atoms with Gasteiger partial charge in [0.25, 0.3) is 0 Å². The predicted molar refractivity (Wildman–Crippen MR) is 168 cm³/mol. The highest BCUT2D eigenvalue weighted by Crippen LogP contribution is 2.44. The fourth-order valence-electron chi connectivity index (χ4n) is 5.39. The van der Waals surface area contributed by atoms with E-state index in [9.17, 15) is 0 Å². The Bertz CT molecular complexity index is 1970. The summed E-state index contributed by atoms with van der Waals surface area (Å²) in [6.07, 6.45) is 0. The molecule has 196 valence electrons. The molecule has 0 fully saturated rings. The summed E-state index contributed by atoms with van der Waals surface area (Å²) in [7, 11) is -1.81. The fourth-order valence-corrected chi connectivity index (χ4v) is 6.44. The Morgan fingerprint density at radius 3 is 1.70 bits per heavy atom. The van der Waals surface area contributed by atoms with Gasteiger partial charge in [-0.15, -0.1) is 0 Å². The molecule has 0 atom stereocenters. The Labute approximate surface area is 234 Å². The zero-order valence-corrected chi connectivity index (χ0v) is 23.6. The molecular weight excluding hydrogens is 511 g/mol. The maximum Gasteiger partial charge on any atom is 0.453 e. The summed E-state index contributed by atoms with van der Waals surface area (Å²) in [5, 5.41) is 6.62. The van der Waals surface area contributed by atoms with Crippen LogP contribution in [-0.2, 0) is 5.41 Å². The SMILES string of the molecule is CC(C)(C)c1ccc(-c2ccccc2)c(Op2oc3ccc4ccccc4c3c3c(ccc4ccccc43)o2)c1. The van der Waals surface area contributed by atoms with Crippen molar-refractivity contribution in [2.75, 3.05) is 0 Å². The van der Waals surface area contributed by atoms with E-state index in [1.165, 1.54) is 5.56 Å². The molecule has 4 heteroatoms. The molecule has 0 aliphatic rings. The average molecular weight is 541 g/mol. The van der Waals surface area contributed by atoms with Gasteiger partial charge in [-0.2, -0.15) is 0 Å². The molecule has 0 saturated heterocycles. The second kappa shape index (κ2) is 9.62. The molecule has 3 nitrogen and oxygen atoms in total. The van der Waals surface area contributed by atoms with E-state index in [2.05, 4.69) is 112 Å². The minimum Gasteiger partial charge on any atom is -0.390 e. The van der Waals surface area contributed by atoms with E-state index < -0.39 is 8.24 Å². The third kappa shape index (κ3) is 4.33. The van der Waals surface area contributed by atoms with Crippen molar-refractivity contribution in [1.29, 1.82) is 0 Å². The van der Waals surface area contributed by atoms with Crippen LogP contribution in [0.15, 0.2) is 130 Å². The lowest BCUT2D eigenvalue weighted by Crippen LogP contribution is -2.11. The van der Waals surface area contributed by atoms with E-state index in [0.717, 1.165) is 60.4 Å². The largest absolute Gasteiger partial charge is 0.453 e. The van der Waals surface area contributed by atoms with Gasteiger partial charge in [0.1, 0.15) is 16.9 Å². The van der Waals surface area contributed by atoms with Gasteiger partial charge in [-0.1, -0.05) is 124 Å². The second-order valence-corrected chi connectivity index (χ2v) is 12.1. The standard InChI is InChI=1S/C36H29O3P/c1-36(2,3)27-19-20-28(24-11-5-4-6-12-24)33(23-27)39-40-37-31-21-17-25-13-7-9-15-29(25)34(31)35-30-16-10-8-14-26(30)18-22-32(35)38-40/h4-23H,1-3H3. The van der Waals surface area contributed by atoms with Crippen LogP contribution in [0, 0.1) is 0 Å². The van der Waals surface area contributed by atoms with Crippen molar-refractivity contribution in [3.8, 4) is 16.9 Å². The van der Waals surface area contributed by atoms with Crippen LogP contribution in [0.1, 0.15) is 26.3 Å². The smallest absolute Gasteiger partial charge is 0.390 e. The van der Waals surface area contributed by atoms with Crippen molar-refractivity contribution in [3.05, 3.63) is 127 Å². The van der Waals surface area contributed by atoms with Gasteiger partial charge in [-0.05, 0) is 56.3 Å². The summed E-state index contributed by atoms with van der Waals surface area (Å²) in [6.45, 7) is 6.63. The van der Waals surface area contributed by atoms with E-state index in [1.807, 2.05) is 30.3 Å². The van der Waals surface area contributed by atoms with E-state index >= 15 is 0 Å². The molecular formula is C36H29O3P. The summed E-state index contributed by atoms with van der Waals surface area (Å²) in [6, 6.07) is 41.9. The van der Waals surface area contributed by atoms with Crippen LogP contribution in [0.5, 0.6) is 5.75 Å². The summed E-state index contributed by atoms with van der Waals surface area (Å²) < 4.78 is 20.0. The molecule has 0 saturated carbocycles. The van der Waals surface area contributed by atoms with Crippen LogP contribution in [0.2, 0.25) is 0 Å². The lowest BCUT2D eigenvalue weighted by molar-refractivity contribution is 0.496. The number of rotatable bonds is 3. The van der Waals surface area contributed by atoms with Gasteiger partial charge in [0.2, 0.25) is 0 Å². The zero-order valence-electron chi connectivity index (χ0n) is 22.7. The minimum absolute atomic E-state index is 0.0389. The molecule has 1 aromatic heterocycles. The van der Waals surface area contributed by atoms with Crippen LogP contribution in [0.4, 0.5) is 0 Å². The first-order valence-corrected chi connectivity index (χ1v) is 14.6. The Hall–Kier alpha value is -4.46. The first kappa shape index (κ1) is 24.6. The van der Waals surface area contributed by atoms with Crippen LogP contribution < -0.4 is 4.52 Å². The normalized spacial score (nSPS) is 11.9. The number of fused-ring (bicyclic) bond motifs is 7. The lowest BCUT2D eigenvalue weighted by Gasteiger charge is -2.21. The molecule has 0 bridgehead atoms. The van der Waals surface area contributed by atoms with Gasteiger partial charge in [0.15, 0.2) is 0 Å². The van der Waals surface area contributed by atoms with E-state index in [-0.39, 0.29) is 5.41 Å². The Balaban J connectivity index is 1.54. The maximum atomic E-state index is 6.71. The number of hydrogen-bond acceptors (Lipinski definition) is 3. The zero-order chi connectivity index (χ0) is 27.3. The van der Waals surface area contributed by atoms with Crippen molar-refractivity contribution in [2.24, 2.45) is 0 Å². The Kier molecular flexibility index (Phi) is 5.91. The highest BCUT2D eigenvalue weighted by molar-refractivity contribution is 7.32. The lowest BCUT2D eigenvalue weighted by atomic mass is 9.86. The highest BCUT2D eigenvalue weighted by Gasteiger charge is 2.19. The van der Waals surface area contributed by atoms with Gasteiger partial charge in [-0.25, -0.2) is 0 Å². The highest BCUT2D eigenvalue weighted by atomic mass is 31.1. The molecule has 0 amide bonds. The maximum absolute atomic E-state index is 6.71.